The maximum atomic E-state index is 11.7. The third-order valence-corrected chi connectivity index (χ3v) is 6.59. The number of hydrogen-bond donors (Lipinski definition) is 2. The summed E-state index contributed by atoms with van der Waals surface area (Å²) in [4.78, 5) is 11.7. The van der Waals surface area contributed by atoms with Crippen LogP contribution in [0.5, 0.6) is 0 Å². The van der Waals surface area contributed by atoms with Crippen molar-refractivity contribution in [2.24, 2.45) is 17.8 Å². The number of ether oxygens (including phenoxy) is 2. The lowest BCUT2D eigenvalue weighted by Gasteiger charge is -2.07. The first-order valence-corrected chi connectivity index (χ1v) is 11.6. The summed E-state index contributed by atoms with van der Waals surface area (Å²) in [6.07, 6.45) is 4.60. The van der Waals surface area contributed by atoms with Gasteiger partial charge >= 0.3 is 6.09 Å². The molecule has 0 saturated heterocycles. The van der Waals surface area contributed by atoms with E-state index in [4.69, 9.17) is 14.6 Å². The highest BCUT2D eigenvalue weighted by atomic mass is 33.1. The molecule has 0 heterocycles. The maximum absolute atomic E-state index is 11.7. The molecule has 142 valence electrons. The molecule has 2 N–H and O–H groups in total. The molecule has 0 bridgehead atoms. The van der Waals surface area contributed by atoms with Gasteiger partial charge in [0.1, 0.15) is 0 Å². The van der Waals surface area contributed by atoms with Crippen molar-refractivity contribution >= 4 is 27.7 Å². The first-order chi connectivity index (χ1) is 11.7. The van der Waals surface area contributed by atoms with Crippen molar-refractivity contribution < 1.29 is 19.4 Å². The molecule has 0 aromatic carbocycles. The van der Waals surface area contributed by atoms with E-state index in [2.05, 4.69) is 19.2 Å². The summed E-state index contributed by atoms with van der Waals surface area (Å²) in [6.45, 7) is 6.84. The van der Waals surface area contributed by atoms with Crippen molar-refractivity contribution in [2.75, 3.05) is 44.5 Å². The molecule has 1 fully saturated rings. The molecule has 0 aromatic rings. The average molecular weight is 380 g/mol. The minimum atomic E-state index is -0.330. The minimum Gasteiger partial charge on any atom is -0.449 e. The van der Waals surface area contributed by atoms with E-state index in [0.29, 0.717) is 32.3 Å². The van der Waals surface area contributed by atoms with Crippen LogP contribution in [0, 0.1) is 17.8 Å². The Morgan fingerprint density at radius 1 is 1.04 bits per heavy atom. The Bertz CT molecular complexity index is 322. The van der Waals surface area contributed by atoms with Crippen LogP contribution in [0.4, 0.5) is 4.79 Å². The molecule has 7 heteroatoms. The second-order valence-corrected chi connectivity index (χ2v) is 8.78. The third kappa shape index (κ3) is 9.39. The first-order valence-electron chi connectivity index (χ1n) is 9.08. The molecule has 5 nitrogen and oxygen atoms in total. The van der Waals surface area contributed by atoms with Gasteiger partial charge in [0.15, 0.2) is 0 Å². The zero-order chi connectivity index (χ0) is 17.6. The van der Waals surface area contributed by atoms with Crippen LogP contribution in [-0.2, 0) is 9.47 Å². The Morgan fingerprint density at radius 2 is 1.71 bits per heavy atom. The summed E-state index contributed by atoms with van der Waals surface area (Å²) in [6, 6.07) is 0. The molecule has 2 unspecified atom stereocenters. The maximum Gasteiger partial charge on any atom is 0.407 e. The van der Waals surface area contributed by atoms with Gasteiger partial charge in [-0.05, 0) is 17.8 Å². The minimum absolute atomic E-state index is 0.212. The molecule has 1 rings (SSSR count). The lowest BCUT2D eigenvalue weighted by atomic mass is 10.1. The Balaban J connectivity index is 1.95. The van der Waals surface area contributed by atoms with Gasteiger partial charge in [0, 0.05) is 18.1 Å². The number of hydrogen-bond acceptors (Lipinski definition) is 6. The molecular formula is C17H33NO4S2. The van der Waals surface area contributed by atoms with Gasteiger partial charge in [0.05, 0.1) is 26.4 Å². The van der Waals surface area contributed by atoms with Gasteiger partial charge in [-0.15, -0.1) is 0 Å². The SMILES string of the molecule is CCCC1C(CCC)C1COC(=O)NCCOCCSSCCO. The number of aliphatic hydroxyl groups excluding tert-OH is 1. The number of nitrogens with one attached hydrogen (secondary N) is 1. The lowest BCUT2D eigenvalue weighted by Crippen LogP contribution is -2.28. The van der Waals surface area contributed by atoms with Crippen molar-refractivity contribution in [2.45, 2.75) is 39.5 Å². The number of carbonyl (C=O) groups excluding carboxylic acids is 1. The quantitative estimate of drug-likeness (QED) is 0.335. The van der Waals surface area contributed by atoms with Crippen LogP contribution < -0.4 is 5.32 Å². The van der Waals surface area contributed by atoms with Crippen LogP contribution in [0.3, 0.4) is 0 Å². The number of alkyl carbamates (subject to hydrolysis) is 1. The fraction of sp³-hybridized carbons (Fsp3) is 0.941. The van der Waals surface area contributed by atoms with E-state index < -0.39 is 0 Å². The molecule has 2 atom stereocenters. The van der Waals surface area contributed by atoms with Gasteiger partial charge in [-0.1, -0.05) is 61.1 Å². The van der Waals surface area contributed by atoms with Crippen molar-refractivity contribution in [3.8, 4) is 0 Å². The predicted octanol–water partition coefficient (Wildman–Crippen LogP) is 3.57. The van der Waals surface area contributed by atoms with Crippen molar-refractivity contribution in [1.29, 1.82) is 0 Å². The van der Waals surface area contributed by atoms with Crippen LogP contribution in [0.2, 0.25) is 0 Å². The van der Waals surface area contributed by atoms with Crippen molar-refractivity contribution in [1.82, 2.24) is 5.32 Å². The Labute approximate surface area is 154 Å². The van der Waals surface area contributed by atoms with Crippen LogP contribution in [0.15, 0.2) is 0 Å². The number of aliphatic hydroxyl groups is 1. The molecule has 1 aliphatic rings. The zero-order valence-electron chi connectivity index (χ0n) is 15.0. The van der Waals surface area contributed by atoms with Gasteiger partial charge in [-0.2, -0.15) is 0 Å². The summed E-state index contributed by atoms with van der Waals surface area (Å²) in [5.41, 5.74) is 0. The molecule has 0 spiro atoms. The van der Waals surface area contributed by atoms with Gasteiger partial charge in [0.25, 0.3) is 0 Å². The van der Waals surface area contributed by atoms with E-state index in [1.807, 2.05) is 0 Å². The fourth-order valence-corrected chi connectivity index (χ4v) is 4.72. The molecule has 1 saturated carbocycles. The van der Waals surface area contributed by atoms with E-state index in [0.717, 1.165) is 23.3 Å². The molecule has 0 aromatic heterocycles. The fourth-order valence-electron chi connectivity index (χ4n) is 3.09. The van der Waals surface area contributed by atoms with Crippen LogP contribution in [0.1, 0.15) is 39.5 Å². The predicted molar refractivity (Wildman–Crippen MR) is 102 cm³/mol. The van der Waals surface area contributed by atoms with Crippen LogP contribution >= 0.6 is 21.6 Å². The highest BCUT2D eigenvalue weighted by Gasteiger charge is 2.48. The number of amides is 1. The average Bonchev–Trinajstić information content (AvgIpc) is 3.23. The second-order valence-electron chi connectivity index (χ2n) is 6.07. The van der Waals surface area contributed by atoms with E-state index in [-0.39, 0.29) is 12.7 Å². The number of carbonyl (C=O) groups is 1. The summed E-state index contributed by atoms with van der Waals surface area (Å²) < 4.78 is 10.8. The highest BCUT2D eigenvalue weighted by molar-refractivity contribution is 8.76. The van der Waals surface area contributed by atoms with Gasteiger partial charge < -0.3 is 19.9 Å². The van der Waals surface area contributed by atoms with Crippen LogP contribution in [-0.4, -0.2) is 55.7 Å². The monoisotopic (exact) mass is 379 g/mol. The third-order valence-electron chi connectivity index (χ3n) is 4.24. The first kappa shape index (κ1) is 21.9. The van der Waals surface area contributed by atoms with Gasteiger partial charge in [-0.3, -0.25) is 0 Å². The number of rotatable bonds is 15. The summed E-state index contributed by atoms with van der Waals surface area (Å²) in [7, 11) is 3.33. The molecule has 1 amide bonds. The Hall–Kier alpha value is -0.110. The molecule has 0 aliphatic heterocycles. The lowest BCUT2D eigenvalue weighted by molar-refractivity contribution is 0.124. The molecule has 0 radical (unpaired) electrons. The topological polar surface area (TPSA) is 67.8 Å². The molecule has 1 aliphatic carbocycles. The summed E-state index contributed by atoms with van der Waals surface area (Å²) in [5.74, 6) is 3.71. The van der Waals surface area contributed by atoms with E-state index >= 15 is 0 Å². The Morgan fingerprint density at radius 3 is 2.33 bits per heavy atom. The standard InChI is InChI=1S/C17H33NO4S2/c1-3-5-14-15(6-4-2)16(14)13-22-17(20)18-7-9-21-10-12-24-23-11-8-19/h14-16,19H,3-13H2,1-2H3,(H,18,20). The second kappa shape index (κ2) is 14.1. The normalized spacial score (nSPS) is 22.4. The highest BCUT2D eigenvalue weighted by Crippen LogP contribution is 2.51. The molecular weight excluding hydrogens is 346 g/mol. The van der Waals surface area contributed by atoms with Crippen molar-refractivity contribution in [3.63, 3.8) is 0 Å². The smallest absolute Gasteiger partial charge is 0.407 e. The molecule has 24 heavy (non-hydrogen) atoms. The Kier molecular flexibility index (Phi) is 12.9. The van der Waals surface area contributed by atoms with E-state index in [1.165, 1.54) is 25.7 Å². The van der Waals surface area contributed by atoms with E-state index in [1.54, 1.807) is 21.6 Å². The summed E-state index contributed by atoms with van der Waals surface area (Å²) >= 11 is 0. The van der Waals surface area contributed by atoms with E-state index in [9.17, 15) is 4.79 Å². The van der Waals surface area contributed by atoms with Gasteiger partial charge in [0.2, 0.25) is 0 Å². The van der Waals surface area contributed by atoms with Crippen molar-refractivity contribution in [3.05, 3.63) is 0 Å². The summed E-state index contributed by atoms with van der Waals surface area (Å²) in [5, 5.41) is 11.4. The zero-order valence-corrected chi connectivity index (χ0v) is 16.6. The largest absolute Gasteiger partial charge is 0.449 e. The van der Waals surface area contributed by atoms with Crippen LogP contribution in [0.25, 0.3) is 0 Å². The van der Waals surface area contributed by atoms with Gasteiger partial charge in [-0.25, -0.2) is 4.79 Å².